The Bertz CT molecular complexity index is 665. The lowest BCUT2D eigenvalue weighted by Crippen LogP contribution is -2.33. The molecule has 1 aliphatic carbocycles. The van der Waals surface area contributed by atoms with Crippen LogP contribution in [-0.4, -0.2) is 27.9 Å². The summed E-state index contributed by atoms with van der Waals surface area (Å²) in [4.78, 5) is 11.9. The molecule has 0 bridgehead atoms. The van der Waals surface area contributed by atoms with Crippen molar-refractivity contribution in [3.63, 3.8) is 0 Å². The fourth-order valence-corrected chi connectivity index (χ4v) is 4.32. The molecule has 2 aromatic rings. The maximum Gasteiger partial charge on any atom is 0.230 e. The van der Waals surface area contributed by atoms with Crippen molar-refractivity contribution < 1.29 is 4.79 Å². The van der Waals surface area contributed by atoms with Crippen molar-refractivity contribution in [2.75, 3.05) is 11.1 Å². The summed E-state index contributed by atoms with van der Waals surface area (Å²) in [7, 11) is 0. The van der Waals surface area contributed by atoms with Crippen LogP contribution < -0.4 is 10.6 Å². The van der Waals surface area contributed by atoms with Crippen LogP contribution in [0.4, 0.5) is 10.8 Å². The lowest BCUT2D eigenvalue weighted by atomic mass is 10.1. The molecule has 1 heterocycles. The Morgan fingerprint density at radius 3 is 2.71 bits per heavy atom. The molecule has 7 heteroatoms. The van der Waals surface area contributed by atoms with Crippen molar-refractivity contribution in [1.29, 1.82) is 0 Å². The number of carbonyl (C=O) groups excluding carboxylic acids is 1. The first kappa shape index (κ1) is 17.2. The van der Waals surface area contributed by atoms with Crippen molar-refractivity contribution in [2.45, 2.75) is 49.4 Å². The van der Waals surface area contributed by atoms with Gasteiger partial charge >= 0.3 is 0 Å². The number of rotatable bonds is 7. The van der Waals surface area contributed by atoms with Gasteiger partial charge in [0.1, 0.15) is 0 Å². The Labute approximate surface area is 150 Å². The zero-order valence-electron chi connectivity index (χ0n) is 13.7. The second-order valence-electron chi connectivity index (χ2n) is 5.89. The van der Waals surface area contributed by atoms with Gasteiger partial charge in [-0.2, -0.15) is 0 Å². The number of carbonyl (C=O) groups is 1. The maximum atomic E-state index is 11.9. The smallest absolute Gasteiger partial charge is 0.230 e. The topological polar surface area (TPSA) is 66.9 Å². The number of amides is 1. The predicted octanol–water partition coefficient (Wildman–Crippen LogP) is 4.00. The largest absolute Gasteiger partial charge is 0.353 e. The van der Waals surface area contributed by atoms with E-state index < -0.39 is 0 Å². The van der Waals surface area contributed by atoms with E-state index in [1.165, 1.54) is 41.5 Å². The van der Waals surface area contributed by atoms with Gasteiger partial charge in [0.15, 0.2) is 4.34 Å². The Morgan fingerprint density at radius 1 is 1.25 bits per heavy atom. The molecule has 1 aromatic heterocycles. The van der Waals surface area contributed by atoms with Gasteiger partial charge in [-0.3, -0.25) is 4.79 Å². The predicted molar refractivity (Wildman–Crippen MR) is 100 cm³/mol. The molecule has 0 atom stereocenters. The molecular weight excluding hydrogens is 340 g/mol. The van der Waals surface area contributed by atoms with Gasteiger partial charge in [-0.15, -0.1) is 10.2 Å². The number of hydrogen-bond donors (Lipinski definition) is 2. The molecule has 128 valence electrons. The van der Waals surface area contributed by atoms with E-state index in [9.17, 15) is 4.79 Å². The number of aromatic nitrogens is 2. The van der Waals surface area contributed by atoms with Crippen LogP contribution in [0.2, 0.25) is 0 Å². The minimum absolute atomic E-state index is 0.0896. The van der Waals surface area contributed by atoms with E-state index in [2.05, 4.69) is 39.9 Å². The molecule has 1 saturated carbocycles. The van der Waals surface area contributed by atoms with Crippen molar-refractivity contribution >= 4 is 39.8 Å². The summed E-state index contributed by atoms with van der Waals surface area (Å²) in [5.41, 5.74) is 2.31. The molecule has 2 N–H and O–H groups in total. The van der Waals surface area contributed by atoms with Gasteiger partial charge in [-0.1, -0.05) is 55.0 Å². The van der Waals surface area contributed by atoms with E-state index in [4.69, 9.17) is 0 Å². The normalized spacial score (nSPS) is 14.7. The summed E-state index contributed by atoms with van der Waals surface area (Å²) < 4.78 is 0.809. The Morgan fingerprint density at radius 2 is 2.00 bits per heavy atom. The zero-order valence-corrected chi connectivity index (χ0v) is 15.4. The average molecular weight is 363 g/mol. The summed E-state index contributed by atoms with van der Waals surface area (Å²) >= 11 is 2.91. The number of thioether (sulfide) groups is 1. The second-order valence-corrected chi connectivity index (χ2v) is 8.09. The van der Waals surface area contributed by atoms with Crippen LogP contribution in [0.3, 0.4) is 0 Å². The summed E-state index contributed by atoms with van der Waals surface area (Å²) in [6.07, 6.45) is 5.70. The first-order valence-corrected chi connectivity index (χ1v) is 10.1. The lowest BCUT2D eigenvalue weighted by molar-refractivity contribution is -0.119. The molecule has 0 spiro atoms. The quantitative estimate of drug-likeness (QED) is 0.729. The van der Waals surface area contributed by atoms with E-state index >= 15 is 0 Å². The van der Waals surface area contributed by atoms with Gasteiger partial charge in [-0.25, -0.2) is 0 Å². The summed E-state index contributed by atoms with van der Waals surface area (Å²) in [6, 6.07) is 8.67. The monoisotopic (exact) mass is 362 g/mol. The van der Waals surface area contributed by atoms with Crippen LogP contribution in [0.1, 0.15) is 38.2 Å². The van der Waals surface area contributed by atoms with Crippen LogP contribution in [0.25, 0.3) is 0 Å². The molecule has 1 fully saturated rings. The highest BCUT2D eigenvalue weighted by atomic mass is 32.2. The minimum atomic E-state index is 0.0896. The maximum absolute atomic E-state index is 11.9. The molecule has 3 rings (SSSR count). The van der Waals surface area contributed by atoms with Gasteiger partial charge in [-0.05, 0) is 37.0 Å². The number of benzene rings is 1. The third kappa shape index (κ3) is 4.95. The Hall–Kier alpha value is -1.60. The summed E-state index contributed by atoms with van der Waals surface area (Å²) in [5, 5.41) is 15.4. The fourth-order valence-electron chi connectivity index (χ4n) is 2.73. The molecule has 1 aliphatic rings. The Balaban J connectivity index is 1.46. The van der Waals surface area contributed by atoms with Crippen molar-refractivity contribution in [2.24, 2.45) is 0 Å². The molecule has 5 nitrogen and oxygen atoms in total. The van der Waals surface area contributed by atoms with E-state index in [0.29, 0.717) is 11.8 Å². The van der Waals surface area contributed by atoms with E-state index in [-0.39, 0.29) is 5.91 Å². The highest BCUT2D eigenvalue weighted by Crippen LogP contribution is 2.28. The van der Waals surface area contributed by atoms with Crippen LogP contribution >= 0.6 is 23.1 Å². The van der Waals surface area contributed by atoms with Crippen molar-refractivity contribution in [1.82, 2.24) is 15.5 Å². The third-order valence-electron chi connectivity index (χ3n) is 4.07. The van der Waals surface area contributed by atoms with Crippen LogP contribution in [0.15, 0.2) is 28.6 Å². The lowest BCUT2D eigenvalue weighted by Gasteiger charge is -2.10. The summed E-state index contributed by atoms with van der Waals surface area (Å²) in [6.45, 7) is 2.14. The fraction of sp³-hybridized carbons (Fsp3) is 0.471. The van der Waals surface area contributed by atoms with Gasteiger partial charge in [0.05, 0.1) is 5.75 Å². The molecule has 0 radical (unpaired) electrons. The molecule has 1 amide bonds. The zero-order chi connectivity index (χ0) is 16.8. The van der Waals surface area contributed by atoms with Gasteiger partial charge in [0, 0.05) is 11.7 Å². The number of hydrogen-bond acceptors (Lipinski definition) is 6. The van der Waals surface area contributed by atoms with Gasteiger partial charge in [0.2, 0.25) is 11.0 Å². The van der Waals surface area contributed by atoms with Gasteiger partial charge < -0.3 is 10.6 Å². The van der Waals surface area contributed by atoms with Gasteiger partial charge in [0.25, 0.3) is 0 Å². The number of nitrogens with one attached hydrogen (secondary N) is 2. The second kappa shape index (κ2) is 8.48. The first-order chi connectivity index (χ1) is 11.7. The molecule has 0 unspecified atom stereocenters. The summed E-state index contributed by atoms with van der Waals surface area (Å²) in [5.74, 6) is 0.489. The number of aryl methyl sites for hydroxylation is 1. The van der Waals surface area contributed by atoms with Crippen molar-refractivity contribution in [3.05, 3.63) is 29.8 Å². The Kier molecular flexibility index (Phi) is 6.09. The van der Waals surface area contributed by atoms with E-state index in [1.54, 1.807) is 0 Å². The van der Waals surface area contributed by atoms with Crippen LogP contribution in [-0.2, 0) is 11.2 Å². The first-order valence-electron chi connectivity index (χ1n) is 8.34. The van der Waals surface area contributed by atoms with Crippen molar-refractivity contribution in [3.8, 4) is 0 Å². The van der Waals surface area contributed by atoms with E-state index in [1.807, 2.05) is 12.1 Å². The molecule has 0 saturated heterocycles. The standard InChI is InChI=1S/C17H22N4OS2/c1-2-12-7-9-14(10-8-12)19-16-20-21-17(24-16)23-11-15(22)18-13-5-3-4-6-13/h7-10,13H,2-6,11H2,1H3,(H,18,22)(H,19,20). The third-order valence-corrected chi connectivity index (χ3v) is 6.04. The molecule has 24 heavy (non-hydrogen) atoms. The van der Waals surface area contributed by atoms with Crippen LogP contribution in [0.5, 0.6) is 0 Å². The number of nitrogens with zero attached hydrogens (tertiary/aromatic N) is 2. The van der Waals surface area contributed by atoms with E-state index in [0.717, 1.165) is 34.4 Å². The highest BCUT2D eigenvalue weighted by molar-refractivity contribution is 8.01. The highest BCUT2D eigenvalue weighted by Gasteiger charge is 2.17. The molecule has 1 aromatic carbocycles. The van der Waals surface area contributed by atoms with Crippen LogP contribution in [0, 0.1) is 0 Å². The minimum Gasteiger partial charge on any atom is -0.353 e. The SMILES string of the molecule is CCc1ccc(Nc2nnc(SCC(=O)NC3CCCC3)s2)cc1. The number of anilines is 2. The molecule has 0 aliphatic heterocycles. The molecular formula is C17H22N4OS2. The average Bonchev–Trinajstić information content (AvgIpc) is 3.26.